The van der Waals surface area contributed by atoms with Crippen molar-refractivity contribution in [3.05, 3.63) is 71.3 Å². The molecule has 1 amide bonds. The van der Waals surface area contributed by atoms with Crippen LogP contribution in [0.4, 0.5) is 5.13 Å². The molecule has 1 heterocycles. The van der Waals surface area contributed by atoms with E-state index in [1.807, 2.05) is 56.3 Å². The number of benzene rings is 2. The summed E-state index contributed by atoms with van der Waals surface area (Å²) in [6, 6.07) is 16.7. The number of sulfonamides is 1. The highest BCUT2D eigenvalue weighted by atomic mass is 32.2. The first-order valence-electron chi connectivity index (χ1n) is 9.86. The summed E-state index contributed by atoms with van der Waals surface area (Å²) in [5.41, 5.74) is 2.42. The molecule has 9 heteroatoms. The topological polar surface area (TPSA) is 101 Å². The Morgan fingerprint density at radius 2 is 1.71 bits per heavy atom. The molecule has 0 aliphatic rings. The third kappa shape index (κ3) is 5.96. The number of carbonyl (C=O) groups excluding carboxylic acids is 1. The fourth-order valence-electron chi connectivity index (χ4n) is 3.37. The number of rotatable bonds is 8. The minimum Gasteiger partial charge on any atom is -0.296 e. The zero-order chi connectivity index (χ0) is 22.6. The van der Waals surface area contributed by atoms with Gasteiger partial charge < -0.3 is 0 Å². The Bertz CT molecular complexity index is 1140. The highest BCUT2D eigenvalue weighted by molar-refractivity contribution is 7.91. The Labute approximate surface area is 187 Å². The predicted octanol–water partition coefficient (Wildman–Crippen LogP) is 4.13. The SMILES string of the molecule is Cc1ccc(C(=O)Nc2nnc(S(=O)(=O)N[C@@H](C)CC(C)(C)c3ccccc3)s2)cc1. The van der Waals surface area contributed by atoms with E-state index in [0.717, 1.165) is 22.5 Å². The summed E-state index contributed by atoms with van der Waals surface area (Å²) >= 11 is 0.818. The second-order valence-electron chi connectivity index (χ2n) is 8.17. The molecular formula is C22H26N4O3S2. The Morgan fingerprint density at radius 3 is 2.35 bits per heavy atom. The summed E-state index contributed by atoms with van der Waals surface area (Å²) in [5, 5.41) is 10.3. The second kappa shape index (κ2) is 9.25. The van der Waals surface area contributed by atoms with E-state index in [1.165, 1.54) is 0 Å². The van der Waals surface area contributed by atoms with Crippen LogP contribution in [0.5, 0.6) is 0 Å². The molecule has 7 nitrogen and oxygen atoms in total. The van der Waals surface area contributed by atoms with Crippen LogP contribution >= 0.6 is 11.3 Å². The average Bonchev–Trinajstić information content (AvgIpc) is 3.18. The number of aryl methyl sites for hydroxylation is 1. The molecule has 0 aliphatic heterocycles. The quantitative estimate of drug-likeness (QED) is 0.494. The zero-order valence-electron chi connectivity index (χ0n) is 17.9. The van der Waals surface area contributed by atoms with E-state index in [2.05, 4.69) is 34.1 Å². The first-order valence-corrected chi connectivity index (χ1v) is 12.2. The molecule has 0 saturated heterocycles. The lowest BCUT2D eigenvalue weighted by Gasteiger charge is -2.28. The summed E-state index contributed by atoms with van der Waals surface area (Å²) in [6.07, 6.45) is 0.603. The molecule has 164 valence electrons. The molecule has 0 unspecified atom stereocenters. The van der Waals surface area contributed by atoms with E-state index in [-0.39, 0.29) is 26.8 Å². The van der Waals surface area contributed by atoms with Crippen LogP contribution in [0.2, 0.25) is 0 Å². The third-order valence-electron chi connectivity index (χ3n) is 4.90. The van der Waals surface area contributed by atoms with Crippen LogP contribution in [0.3, 0.4) is 0 Å². The van der Waals surface area contributed by atoms with Gasteiger partial charge in [-0.15, -0.1) is 10.2 Å². The number of anilines is 1. The van der Waals surface area contributed by atoms with E-state index in [0.29, 0.717) is 12.0 Å². The van der Waals surface area contributed by atoms with Crippen LogP contribution < -0.4 is 10.0 Å². The van der Waals surface area contributed by atoms with E-state index >= 15 is 0 Å². The maximum absolute atomic E-state index is 12.8. The van der Waals surface area contributed by atoms with Gasteiger partial charge >= 0.3 is 0 Å². The lowest BCUT2D eigenvalue weighted by atomic mass is 9.79. The number of carbonyl (C=O) groups is 1. The summed E-state index contributed by atoms with van der Waals surface area (Å²) in [4.78, 5) is 12.3. The molecule has 2 aromatic carbocycles. The third-order valence-corrected chi connectivity index (χ3v) is 7.69. The monoisotopic (exact) mass is 458 g/mol. The lowest BCUT2D eigenvalue weighted by molar-refractivity contribution is 0.102. The van der Waals surface area contributed by atoms with E-state index in [4.69, 9.17) is 0 Å². The van der Waals surface area contributed by atoms with Crippen molar-refractivity contribution in [3.63, 3.8) is 0 Å². The van der Waals surface area contributed by atoms with Crippen molar-refractivity contribution in [2.75, 3.05) is 5.32 Å². The first-order chi connectivity index (χ1) is 14.6. The van der Waals surface area contributed by atoms with Gasteiger partial charge in [-0.2, -0.15) is 0 Å². The fraction of sp³-hybridized carbons (Fsp3) is 0.318. The largest absolute Gasteiger partial charge is 0.296 e. The van der Waals surface area contributed by atoms with Crippen molar-refractivity contribution in [1.29, 1.82) is 0 Å². The molecule has 0 bridgehead atoms. The van der Waals surface area contributed by atoms with E-state index in [1.54, 1.807) is 12.1 Å². The fourth-order valence-corrected chi connectivity index (χ4v) is 5.53. The van der Waals surface area contributed by atoms with Gasteiger partial charge in [0.2, 0.25) is 9.47 Å². The van der Waals surface area contributed by atoms with Gasteiger partial charge in [-0.25, -0.2) is 13.1 Å². The summed E-state index contributed by atoms with van der Waals surface area (Å²) in [7, 11) is -3.86. The second-order valence-corrected chi connectivity index (χ2v) is 11.0. The molecule has 1 aromatic heterocycles. The molecule has 2 N–H and O–H groups in total. The number of amides is 1. The van der Waals surface area contributed by atoms with Gasteiger partial charge in [0, 0.05) is 11.6 Å². The maximum Gasteiger partial charge on any atom is 0.270 e. The Kier molecular flexibility index (Phi) is 6.88. The lowest BCUT2D eigenvalue weighted by Crippen LogP contribution is -2.37. The van der Waals surface area contributed by atoms with E-state index < -0.39 is 10.0 Å². The van der Waals surface area contributed by atoms with Crippen molar-refractivity contribution < 1.29 is 13.2 Å². The van der Waals surface area contributed by atoms with Gasteiger partial charge in [0.1, 0.15) is 0 Å². The van der Waals surface area contributed by atoms with Crippen molar-refractivity contribution >= 4 is 32.4 Å². The van der Waals surface area contributed by atoms with Gasteiger partial charge in [-0.1, -0.05) is 73.2 Å². The molecule has 1 atom stereocenters. The number of hydrogen-bond acceptors (Lipinski definition) is 6. The zero-order valence-corrected chi connectivity index (χ0v) is 19.5. The molecule has 31 heavy (non-hydrogen) atoms. The van der Waals surface area contributed by atoms with Crippen molar-refractivity contribution in [3.8, 4) is 0 Å². The number of nitrogens with one attached hydrogen (secondary N) is 2. The van der Waals surface area contributed by atoms with Gasteiger partial charge in [0.15, 0.2) is 0 Å². The van der Waals surface area contributed by atoms with Crippen molar-refractivity contribution in [2.24, 2.45) is 0 Å². The van der Waals surface area contributed by atoms with Crippen LogP contribution in [-0.4, -0.2) is 30.6 Å². The Balaban J connectivity index is 1.65. The van der Waals surface area contributed by atoms with Crippen LogP contribution in [0.15, 0.2) is 58.9 Å². The number of aromatic nitrogens is 2. The van der Waals surface area contributed by atoms with Crippen LogP contribution in [0, 0.1) is 6.92 Å². The molecule has 0 aliphatic carbocycles. The maximum atomic E-state index is 12.8. The first kappa shape index (κ1) is 23.1. The minimum absolute atomic E-state index is 0.128. The highest BCUT2D eigenvalue weighted by Gasteiger charge is 2.28. The van der Waals surface area contributed by atoms with Gasteiger partial charge in [-0.05, 0) is 43.4 Å². The molecule has 0 spiro atoms. The highest BCUT2D eigenvalue weighted by Crippen LogP contribution is 2.29. The van der Waals surface area contributed by atoms with Crippen LogP contribution in [0.25, 0.3) is 0 Å². The number of hydrogen-bond donors (Lipinski definition) is 2. The number of nitrogens with zero attached hydrogens (tertiary/aromatic N) is 2. The van der Waals surface area contributed by atoms with Crippen LogP contribution in [-0.2, 0) is 15.4 Å². The van der Waals surface area contributed by atoms with Gasteiger partial charge in [-0.3, -0.25) is 10.1 Å². The molecule has 0 radical (unpaired) electrons. The standard InChI is InChI=1S/C22H26N4O3S2/c1-15-10-12-17(13-11-15)19(27)23-20-24-25-21(30-20)31(28,29)26-16(2)14-22(3,4)18-8-6-5-7-9-18/h5-13,16,26H,14H2,1-4H3,(H,23,24,27)/t16-/m0/s1. The average molecular weight is 459 g/mol. The van der Waals surface area contributed by atoms with E-state index in [9.17, 15) is 13.2 Å². The minimum atomic E-state index is -3.86. The normalized spacial score (nSPS) is 13.0. The molecular weight excluding hydrogens is 432 g/mol. The summed E-state index contributed by atoms with van der Waals surface area (Å²) in [6.45, 7) is 7.91. The van der Waals surface area contributed by atoms with Gasteiger partial charge in [0.05, 0.1) is 0 Å². The molecule has 3 aromatic rings. The summed E-state index contributed by atoms with van der Waals surface area (Å²) < 4.78 is 28.0. The van der Waals surface area contributed by atoms with Crippen LogP contribution in [0.1, 0.15) is 48.7 Å². The molecule has 0 fully saturated rings. The predicted molar refractivity (Wildman–Crippen MR) is 123 cm³/mol. The Hall–Kier alpha value is -2.62. The molecule has 0 saturated carbocycles. The smallest absolute Gasteiger partial charge is 0.270 e. The summed E-state index contributed by atoms with van der Waals surface area (Å²) in [5.74, 6) is -0.369. The van der Waals surface area contributed by atoms with Gasteiger partial charge in [0.25, 0.3) is 15.9 Å². The molecule has 3 rings (SSSR count). The van der Waals surface area contributed by atoms with Crippen molar-refractivity contribution in [2.45, 2.75) is 49.9 Å². The van der Waals surface area contributed by atoms with Crippen molar-refractivity contribution in [1.82, 2.24) is 14.9 Å². The Morgan fingerprint density at radius 1 is 1.06 bits per heavy atom.